The minimum atomic E-state index is -0.911. The number of carbonyl (C=O) groups excluding carboxylic acids is 1. The molecule has 0 saturated carbocycles. The average Bonchev–Trinajstić information content (AvgIpc) is 2.47. The predicted molar refractivity (Wildman–Crippen MR) is 79.4 cm³/mol. The van der Waals surface area contributed by atoms with Crippen LogP contribution < -0.4 is 10.2 Å². The molecular weight excluding hydrogens is 270 g/mol. The highest BCUT2D eigenvalue weighted by Crippen LogP contribution is 2.14. The summed E-state index contributed by atoms with van der Waals surface area (Å²) in [6.07, 6.45) is 3.13. The van der Waals surface area contributed by atoms with E-state index in [0.29, 0.717) is 16.9 Å². The molecule has 0 fully saturated rings. The fourth-order valence-electron chi connectivity index (χ4n) is 1.81. The number of carbonyl (C=O) groups is 2. The van der Waals surface area contributed by atoms with Crippen LogP contribution in [0.2, 0.25) is 0 Å². The Morgan fingerprint density at radius 1 is 1.29 bits per heavy atom. The lowest BCUT2D eigenvalue weighted by Crippen LogP contribution is -2.31. The molecule has 0 aliphatic carbocycles. The maximum Gasteiger partial charge on any atom is 0.326 e. The minimum absolute atomic E-state index is 0.0812. The van der Waals surface area contributed by atoms with Gasteiger partial charge in [-0.3, -0.25) is 14.7 Å². The first-order valence-corrected chi connectivity index (χ1v) is 6.32. The van der Waals surface area contributed by atoms with Crippen molar-refractivity contribution in [2.24, 2.45) is 0 Å². The molecule has 108 valence electrons. The number of urea groups is 1. The number of hydrogen-bond acceptors (Lipinski definition) is 3. The van der Waals surface area contributed by atoms with Gasteiger partial charge in [0.2, 0.25) is 0 Å². The zero-order valence-corrected chi connectivity index (χ0v) is 11.5. The highest BCUT2D eigenvalue weighted by Gasteiger charge is 2.11. The van der Waals surface area contributed by atoms with Gasteiger partial charge in [0.25, 0.3) is 0 Å². The van der Waals surface area contributed by atoms with Crippen LogP contribution in [0.15, 0.2) is 48.8 Å². The fraction of sp³-hybridized carbons (Fsp3) is 0.133. The average molecular weight is 285 g/mol. The van der Waals surface area contributed by atoms with Crippen molar-refractivity contribution < 1.29 is 14.7 Å². The van der Waals surface area contributed by atoms with E-state index in [1.54, 1.807) is 55.8 Å². The summed E-state index contributed by atoms with van der Waals surface area (Å²) in [5, 5.41) is 11.5. The van der Waals surface area contributed by atoms with Crippen LogP contribution in [0.1, 0.15) is 5.56 Å². The molecule has 2 amide bonds. The summed E-state index contributed by atoms with van der Waals surface area (Å²) in [6.45, 7) is 0. The van der Waals surface area contributed by atoms with Crippen molar-refractivity contribution in [2.75, 3.05) is 17.3 Å². The number of carboxylic acid groups (broad SMARTS) is 1. The summed E-state index contributed by atoms with van der Waals surface area (Å²) in [5.41, 5.74) is 1.84. The molecule has 1 aromatic heterocycles. The van der Waals surface area contributed by atoms with E-state index in [-0.39, 0.29) is 12.5 Å². The molecule has 0 radical (unpaired) electrons. The van der Waals surface area contributed by atoms with E-state index in [1.165, 1.54) is 4.90 Å². The van der Waals surface area contributed by atoms with E-state index < -0.39 is 5.97 Å². The highest BCUT2D eigenvalue weighted by atomic mass is 16.4. The van der Waals surface area contributed by atoms with Gasteiger partial charge in [-0.25, -0.2) is 4.79 Å². The second-order valence-electron chi connectivity index (χ2n) is 4.47. The number of hydrogen-bond donors (Lipinski definition) is 2. The van der Waals surface area contributed by atoms with Crippen LogP contribution in [-0.2, 0) is 11.2 Å². The largest absolute Gasteiger partial charge is 0.481 e. The standard InChI is InChI=1S/C15H15N3O3/c1-18(13-6-3-7-16-10-13)15(21)17-12-5-2-4-11(8-12)9-14(19)20/h2-8,10H,9H2,1H3,(H,17,21)(H,19,20). The Labute approximate surface area is 122 Å². The maximum atomic E-state index is 12.1. The Hall–Kier alpha value is -2.89. The lowest BCUT2D eigenvalue weighted by Gasteiger charge is -2.17. The topological polar surface area (TPSA) is 82.5 Å². The van der Waals surface area contributed by atoms with Gasteiger partial charge in [0.1, 0.15) is 0 Å². The van der Waals surface area contributed by atoms with Crippen LogP contribution in [-0.4, -0.2) is 29.1 Å². The first-order valence-electron chi connectivity index (χ1n) is 6.32. The molecule has 0 atom stereocenters. The molecule has 21 heavy (non-hydrogen) atoms. The highest BCUT2D eigenvalue weighted by molar-refractivity contribution is 6.01. The number of aromatic nitrogens is 1. The van der Waals surface area contributed by atoms with E-state index in [9.17, 15) is 9.59 Å². The molecule has 2 rings (SSSR count). The number of anilines is 2. The summed E-state index contributed by atoms with van der Waals surface area (Å²) >= 11 is 0. The predicted octanol–water partition coefficient (Wildman–Crippen LogP) is 2.38. The van der Waals surface area contributed by atoms with Crippen molar-refractivity contribution in [1.82, 2.24) is 4.98 Å². The van der Waals surface area contributed by atoms with Crippen LogP contribution in [0, 0.1) is 0 Å². The van der Waals surface area contributed by atoms with E-state index >= 15 is 0 Å². The zero-order chi connectivity index (χ0) is 15.2. The summed E-state index contributed by atoms with van der Waals surface area (Å²) in [4.78, 5) is 28.2. The zero-order valence-electron chi connectivity index (χ0n) is 11.5. The summed E-state index contributed by atoms with van der Waals surface area (Å²) < 4.78 is 0. The van der Waals surface area contributed by atoms with E-state index in [0.717, 1.165) is 0 Å². The van der Waals surface area contributed by atoms with Gasteiger partial charge in [-0.1, -0.05) is 12.1 Å². The SMILES string of the molecule is CN(C(=O)Nc1cccc(CC(=O)O)c1)c1cccnc1. The van der Waals surface area contributed by atoms with Crippen LogP contribution >= 0.6 is 0 Å². The lowest BCUT2D eigenvalue weighted by molar-refractivity contribution is -0.136. The minimum Gasteiger partial charge on any atom is -0.481 e. The Balaban J connectivity index is 2.07. The number of pyridine rings is 1. The van der Waals surface area contributed by atoms with E-state index in [1.807, 2.05) is 0 Å². The van der Waals surface area contributed by atoms with E-state index in [2.05, 4.69) is 10.3 Å². The van der Waals surface area contributed by atoms with Gasteiger partial charge < -0.3 is 10.4 Å². The molecule has 0 saturated heterocycles. The molecule has 0 aliphatic rings. The Bertz CT molecular complexity index is 644. The molecular formula is C15H15N3O3. The van der Waals surface area contributed by atoms with Gasteiger partial charge in [-0.05, 0) is 29.8 Å². The van der Waals surface area contributed by atoms with Crippen LogP contribution in [0.5, 0.6) is 0 Å². The number of nitrogens with zero attached hydrogens (tertiary/aromatic N) is 2. The molecule has 2 N–H and O–H groups in total. The smallest absolute Gasteiger partial charge is 0.326 e. The first-order chi connectivity index (χ1) is 10.1. The van der Waals surface area contributed by atoms with Crippen molar-refractivity contribution in [3.05, 3.63) is 54.4 Å². The number of benzene rings is 1. The Morgan fingerprint density at radius 3 is 2.76 bits per heavy atom. The van der Waals surface area contributed by atoms with Crippen molar-refractivity contribution in [2.45, 2.75) is 6.42 Å². The summed E-state index contributed by atoms with van der Waals surface area (Å²) in [5.74, 6) is -0.911. The van der Waals surface area contributed by atoms with Crippen molar-refractivity contribution in [1.29, 1.82) is 0 Å². The third-order valence-electron chi connectivity index (χ3n) is 2.87. The number of amides is 2. The summed E-state index contributed by atoms with van der Waals surface area (Å²) in [6, 6.07) is 9.95. The second kappa shape index (κ2) is 6.51. The molecule has 1 heterocycles. The van der Waals surface area contributed by atoms with Gasteiger partial charge in [0.15, 0.2) is 0 Å². The van der Waals surface area contributed by atoms with Gasteiger partial charge in [0, 0.05) is 18.9 Å². The monoisotopic (exact) mass is 285 g/mol. The molecule has 0 spiro atoms. The van der Waals surface area contributed by atoms with Crippen LogP contribution in [0.3, 0.4) is 0 Å². The third kappa shape index (κ3) is 4.04. The second-order valence-corrected chi connectivity index (χ2v) is 4.47. The van der Waals surface area contributed by atoms with Gasteiger partial charge >= 0.3 is 12.0 Å². The van der Waals surface area contributed by atoms with Crippen LogP contribution in [0.25, 0.3) is 0 Å². The Morgan fingerprint density at radius 2 is 2.10 bits per heavy atom. The fourth-order valence-corrected chi connectivity index (χ4v) is 1.81. The number of aliphatic carboxylic acids is 1. The van der Waals surface area contributed by atoms with Crippen molar-refractivity contribution >= 4 is 23.4 Å². The first kappa shape index (κ1) is 14.5. The van der Waals surface area contributed by atoms with Crippen molar-refractivity contribution in [3.8, 4) is 0 Å². The van der Waals surface area contributed by atoms with Crippen molar-refractivity contribution in [3.63, 3.8) is 0 Å². The molecule has 0 unspecified atom stereocenters. The lowest BCUT2D eigenvalue weighted by atomic mass is 10.1. The molecule has 6 nitrogen and oxygen atoms in total. The number of rotatable bonds is 4. The van der Waals surface area contributed by atoms with Gasteiger partial charge in [-0.15, -0.1) is 0 Å². The number of carboxylic acids is 1. The van der Waals surface area contributed by atoms with Crippen LogP contribution in [0.4, 0.5) is 16.2 Å². The Kier molecular flexibility index (Phi) is 4.50. The quantitative estimate of drug-likeness (QED) is 0.903. The molecule has 1 aromatic carbocycles. The third-order valence-corrected chi connectivity index (χ3v) is 2.87. The normalized spacial score (nSPS) is 9.95. The van der Waals surface area contributed by atoms with Gasteiger partial charge in [-0.2, -0.15) is 0 Å². The van der Waals surface area contributed by atoms with E-state index in [4.69, 9.17) is 5.11 Å². The van der Waals surface area contributed by atoms with Gasteiger partial charge in [0.05, 0.1) is 18.3 Å². The molecule has 2 aromatic rings. The molecule has 6 heteroatoms. The number of nitrogens with one attached hydrogen (secondary N) is 1. The molecule has 0 bridgehead atoms. The summed E-state index contributed by atoms with van der Waals surface area (Å²) in [7, 11) is 1.63. The maximum absolute atomic E-state index is 12.1. The molecule has 0 aliphatic heterocycles.